The van der Waals surface area contributed by atoms with Gasteiger partial charge in [-0.3, -0.25) is 9.78 Å². The van der Waals surface area contributed by atoms with Crippen LogP contribution in [0.2, 0.25) is 0 Å². The molecule has 17 heavy (non-hydrogen) atoms. The predicted octanol–water partition coefficient (Wildman–Crippen LogP) is 0.456. The largest absolute Gasteiger partial charge is 0.481 e. The second-order valence-electron chi connectivity index (χ2n) is 4.02. The summed E-state index contributed by atoms with van der Waals surface area (Å²) >= 11 is 0. The number of nitrogens with one attached hydrogen (secondary N) is 1. The summed E-state index contributed by atoms with van der Waals surface area (Å²) < 4.78 is 4.81. The van der Waals surface area contributed by atoms with Crippen LogP contribution in [0.25, 0.3) is 11.1 Å². The third-order valence-electron chi connectivity index (χ3n) is 2.84. The van der Waals surface area contributed by atoms with Gasteiger partial charge in [0, 0.05) is 0 Å². The molecule has 0 amide bonds. The van der Waals surface area contributed by atoms with Gasteiger partial charge in [-0.15, -0.1) is 0 Å². The molecule has 90 valence electrons. The number of H-pyrrole nitrogens is 1. The van der Waals surface area contributed by atoms with Crippen molar-refractivity contribution in [2.75, 3.05) is 6.61 Å². The van der Waals surface area contributed by atoms with E-state index < -0.39 is 23.7 Å². The quantitative estimate of drug-likeness (QED) is 0.719. The summed E-state index contributed by atoms with van der Waals surface area (Å²) in [6, 6.07) is 4.51. The lowest BCUT2D eigenvalue weighted by Gasteiger charge is -2.22. The number of aromatic amines is 1. The molecule has 6 heteroatoms. The van der Waals surface area contributed by atoms with Gasteiger partial charge in [0.1, 0.15) is 5.41 Å². The monoisotopic (exact) mass is 237 g/mol. The summed E-state index contributed by atoms with van der Waals surface area (Å²) in [6.45, 7) is 0.880. The van der Waals surface area contributed by atoms with Crippen LogP contribution >= 0.6 is 0 Å². The van der Waals surface area contributed by atoms with Crippen molar-refractivity contribution in [3.05, 3.63) is 34.3 Å². The first-order chi connectivity index (χ1) is 7.97. The number of aliphatic carboxylic acids is 1. The van der Waals surface area contributed by atoms with Crippen molar-refractivity contribution in [1.29, 1.82) is 0 Å². The molecule has 0 fully saturated rings. The number of hydrogen-bond acceptors (Lipinski definition) is 4. The average Bonchev–Trinajstić information content (AvgIpc) is 2.66. The van der Waals surface area contributed by atoms with Crippen LogP contribution in [-0.4, -0.2) is 27.8 Å². The number of fused-ring (bicyclic) bond motifs is 1. The molecule has 0 saturated heterocycles. The predicted molar refractivity (Wildman–Crippen MR) is 58.9 cm³/mol. The topological polar surface area (TPSA) is 104 Å². The number of carboxylic acid groups (broad SMARTS) is 1. The Kier molecular flexibility index (Phi) is 2.51. The molecular formula is C11H11NO5. The van der Waals surface area contributed by atoms with Crippen molar-refractivity contribution in [2.45, 2.75) is 12.3 Å². The highest BCUT2D eigenvalue weighted by atomic mass is 16.4. The first-order valence-corrected chi connectivity index (χ1v) is 4.95. The Labute approximate surface area is 95.5 Å². The van der Waals surface area contributed by atoms with Crippen LogP contribution in [0, 0.1) is 0 Å². The Morgan fingerprint density at radius 1 is 1.53 bits per heavy atom. The minimum Gasteiger partial charge on any atom is -0.481 e. The Morgan fingerprint density at radius 3 is 2.82 bits per heavy atom. The summed E-state index contributed by atoms with van der Waals surface area (Å²) in [4.78, 5) is 24.5. The number of oxazole rings is 1. The van der Waals surface area contributed by atoms with Crippen LogP contribution in [0.3, 0.4) is 0 Å². The van der Waals surface area contributed by atoms with Gasteiger partial charge >= 0.3 is 11.7 Å². The van der Waals surface area contributed by atoms with E-state index in [0.717, 1.165) is 0 Å². The van der Waals surface area contributed by atoms with Crippen molar-refractivity contribution in [3.63, 3.8) is 0 Å². The Hall–Kier alpha value is -2.08. The molecule has 0 radical (unpaired) electrons. The maximum absolute atomic E-state index is 11.1. The fourth-order valence-electron chi connectivity index (χ4n) is 1.58. The molecule has 2 aromatic rings. The van der Waals surface area contributed by atoms with Gasteiger partial charge in [-0.1, -0.05) is 6.07 Å². The highest BCUT2D eigenvalue weighted by Crippen LogP contribution is 2.26. The summed E-state index contributed by atoms with van der Waals surface area (Å²) in [6.07, 6.45) is 0. The van der Waals surface area contributed by atoms with Gasteiger partial charge in [-0.05, 0) is 24.6 Å². The smallest absolute Gasteiger partial charge is 0.417 e. The second-order valence-corrected chi connectivity index (χ2v) is 4.02. The number of carboxylic acids is 1. The molecule has 1 atom stereocenters. The molecule has 0 bridgehead atoms. The summed E-state index contributed by atoms with van der Waals surface area (Å²) in [5.41, 5.74) is -0.239. The summed E-state index contributed by atoms with van der Waals surface area (Å²) in [5.74, 6) is -1.73. The minimum atomic E-state index is -1.40. The molecule has 0 saturated carbocycles. The number of hydrogen-bond donors (Lipinski definition) is 3. The number of benzene rings is 1. The van der Waals surface area contributed by atoms with Crippen LogP contribution < -0.4 is 5.76 Å². The Morgan fingerprint density at radius 2 is 2.24 bits per heavy atom. The van der Waals surface area contributed by atoms with E-state index in [-0.39, 0.29) is 0 Å². The standard InChI is InChI=1S/C11H11NO5/c1-11(5-13,9(14)15)6-2-3-8-7(4-6)12-10(16)17-8/h2-4,13H,5H2,1H3,(H,12,16)(H,14,15). The van der Waals surface area contributed by atoms with E-state index in [1.165, 1.54) is 25.1 Å². The van der Waals surface area contributed by atoms with Gasteiger partial charge < -0.3 is 14.6 Å². The number of aromatic nitrogens is 1. The van der Waals surface area contributed by atoms with E-state index in [1.807, 2.05) is 0 Å². The maximum Gasteiger partial charge on any atom is 0.417 e. The van der Waals surface area contributed by atoms with E-state index in [0.29, 0.717) is 16.7 Å². The molecule has 0 aliphatic heterocycles. The third kappa shape index (κ3) is 1.72. The first kappa shape index (κ1) is 11.4. The fraction of sp³-hybridized carbons (Fsp3) is 0.273. The average molecular weight is 237 g/mol. The van der Waals surface area contributed by atoms with Crippen molar-refractivity contribution in [2.24, 2.45) is 0 Å². The number of carbonyl (C=O) groups is 1. The molecule has 1 aromatic heterocycles. The number of aliphatic hydroxyl groups excluding tert-OH is 1. The Bertz CT molecular complexity index is 626. The molecule has 0 aliphatic rings. The highest BCUT2D eigenvalue weighted by Gasteiger charge is 2.34. The van der Waals surface area contributed by atoms with Gasteiger partial charge in [0.25, 0.3) is 0 Å². The summed E-state index contributed by atoms with van der Waals surface area (Å²) in [5, 5.41) is 18.3. The minimum absolute atomic E-state index is 0.351. The lowest BCUT2D eigenvalue weighted by molar-refractivity contribution is -0.144. The van der Waals surface area contributed by atoms with Gasteiger partial charge in [-0.25, -0.2) is 4.79 Å². The van der Waals surface area contributed by atoms with Crippen molar-refractivity contribution in [3.8, 4) is 0 Å². The molecule has 6 nitrogen and oxygen atoms in total. The van der Waals surface area contributed by atoms with Gasteiger partial charge in [0.2, 0.25) is 0 Å². The molecule has 2 rings (SSSR count). The van der Waals surface area contributed by atoms with Gasteiger partial charge in [0.15, 0.2) is 5.58 Å². The SMILES string of the molecule is CC(CO)(C(=O)O)c1ccc2oc(=O)[nH]c2c1. The van der Waals surface area contributed by atoms with E-state index in [9.17, 15) is 14.7 Å². The lowest BCUT2D eigenvalue weighted by atomic mass is 9.83. The van der Waals surface area contributed by atoms with E-state index in [4.69, 9.17) is 9.52 Å². The van der Waals surface area contributed by atoms with Crippen molar-refractivity contribution in [1.82, 2.24) is 4.98 Å². The van der Waals surface area contributed by atoms with Crippen LogP contribution in [-0.2, 0) is 10.2 Å². The molecule has 0 aliphatic carbocycles. The third-order valence-corrected chi connectivity index (χ3v) is 2.84. The van der Waals surface area contributed by atoms with Crippen molar-refractivity contribution < 1.29 is 19.4 Å². The normalized spacial score (nSPS) is 14.7. The summed E-state index contributed by atoms with van der Waals surface area (Å²) in [7, 11) is 0. The first-order valence-electron chi connectivity index (χ1n) is 4.95. The van der Waals surface area contributed by atoms with E-state index in [1.54, 1.807) is 0 Å². The molecule has 3 N–H and O–H groups in total. The molecule has 1 heterocycles. The van der Waals surface area contributed by atoms with Gasteiger partial charge in [0.05, 0.1) is 12.1 Å². The van der Waals surface area contributed by atoms with Crippen LogP contribution in [0.1, 0.15) is 12.5 Å². The van der Waals surface area contributed by atoms with E-state index in [2.05, 4.69) is 4.98 Å². The van der Waals surface area contributed by atoms with Crippen LogP contribution in [0.15, 0.2) is 27.4 Å². The van der Waals surface area contributed by atoms with Gasteiger partial charge in [-0.2, -0.15) is 0 Å². The number of aliphatic hydroxyl groups is 1. The zero-order valence-corrected chi connectivity index (χ0v) is 9.06. The fourth-order valence-corrected chi connectivity index (χ4v) is 1.58. The van der Waals surface area contributed by atoms with Crippen molar-refractivity contribution >= 4 is 17.1 Å². The molecule has 1 aromatic carbocycles. The van der Waals surface area contributed by atoms with Crippen LogP contribution in [0.5, 0.6) is 0 Å². The number of rotatable bonds is 3. The maximum atomic E-state index is 11.1. The zero-order valence-electron chi connectivity index (χ0n) is 9.06. The second kappa shape index (κ2) is 3.74. The highest BCUT2D eigenvalue weighted by molar-refractivity contribution is 5.83. The zero-order chi connectivity index (χ0) is 12.6. The van der Waals surface area contributed by atoms with E-state index >= 15 is 0 Å². The Balaban J connectivity index is 2.62. The molecular weight excluding hydrogens is 226 g/mol. The van der Waals surface area contributed by atoms with Crippen LogP contribution in [0.4, 0.5) is 0 Å². The lowest BCUT2D eigenvalue weighted by Crippen LogP contribution is -2.36. The molecule has 1 unspecified atom stereocenters. The molecule has 0 spiro atoms.